The van der Waals surface area contributed by atoms with Gasteiger partial charge >= 0.3 is 0 Å². The first-order valence-electron chi connectivity index (χ1n) is 10.6. The van der Waals surface area contributed by atoms with Crippen molar-refractivity contribution in [2.45, 2.75) is 18.3 Å². The molecule has 32 heavy (non-hydrogen) atoms. The monoisotopic (exact) mass is 435 g/mol. The van der Waals surface area contributed by atoms with E-state index in [-0.39, 0.29) is 6.04 Å². The molecule has 6 rings (SSSR count). The van der Waals surface area contributed by atoms with Gasteiger partial charge in [-0.25, -0.2) is 18.9 Å². The number of nitrogens with zero attached hydrogens (tertiary/aromatic N) is 7. The molecule has 2 saturated heterocycles. The highest BCUT2D eigenvalue weighted by atomic mass is 19.1. The number of alkyl halides is 1. The van der Waals surface area contributed by atoms with Crippen LogP contribution in [-0.2, 0) is 4.74 Å². The lowest BCUT2D eigenvalue weighted by Crippen LogP contribution is -2.48. The highest BCUT2D eigenvalue weighted by molar-refractivity contribution is 5.89. The molecule has 2 atom stereocenters. The number of aromatic nitrogens is 6. The summed E-state index contributed by atoms with van der Waals surface area (Å²) in [6, 6.07) is 5.68. The Morgan fingerprint density at radius 1 is 1.09 bits per heavy atom. The summed E-state index contributed by atoms with van der Waals surface area (Å²) < 4.78 is 21.6. The van der Waals surface area contributed by atoms with Gasteiger partial charge in [-0.1, -0.05) is 0 Å². The van der Waals surface area contributed by atoms with E-state index in [9.17, 15) is 4.39 Å². The van der Waals surface area contributed by atoms with Crippen LogP contribution >= 0.6 is 0 Å². The van der Waals surface area contributed by atoms with E-state index in [2.05, 4.69) is 40.6 Å². The van der Waals surface area contributed by atoms with Crippen molar-refractivity contribution in [3.05, 3.63) is 36.8 Å². The van der Waals surface area contributed by atoms with Crippen LogP contribution in [-0.4, -0.2) is 86.1 Å². The molecule has 164 valence electrons. The molecule has 10 nitrogen and oxygen atoms in total. The van der Waals surface area contributed by atoms with E-state index in [4.69, 9.17) is 4.74 Å². The van der Waals surface area contributed by atoms with E-state index in [1.807, 2.05) is 24.4 Å². The summed E-state index contributed by atoms with van der Waals surface area (Å²) in [6.07, 6.45) is 4.12. The summed E-state index contributed by atoms with van der Waals surface area (Å²) >= 11 is 0. The van der Waals surface area contributed by atoms with Crippen LogP contribution in [0.2, 0.25) is 0 Å². The smallest absolute Gasteiger partial charge is 0.243 e. The molecule has 2 aliphatic rings. The third-order valence-corrected chi connectivity index (χ3v) is 6.08. The van der Waals surface area contributed by atoms with Crippen LogP contribution in [0.3, 0.4) is 0 Å². The molecule has 0 unspecified atom stereocenters. The number of likely N-dealkylation sites (tertiary alicyclic amines) is 1. The molecule has 2 N–H and O–H groups in total. The van der Waals surface area contributed by atoms with Crippen LogP contribution in [0, 0.1) is 0 Å². The number of hydrogen-bond donors (Lipinski definition) is 2. The lowest BCUT2D eigenvalue weighted by molar-refractivity contribution is -0.0585. The SMILES string of the molecule is CNc1nc(N[C@@H]2CN(C3COC3)C[C@@H]2F)nn2ccc(-c3ccc4nccnc4n3)c12. The lowest BCUT2D eigenvalue weighted by Gasteiger charge is -2.34. The Labute approximate surface area is 182 Å². The summed E-state index contributed by atoms with van der Waals surface area (Å²) in [5.41, 5.74) is 3.71. The first-order chi connectivity index (χ1) is 15.7. The summed E-state index contributed by atoms with van der Waals surface area (Å²) in [5.74, 6) is 1.00. The van der Waals surface area contributed by atoms with Crippen molar-refractivity contribution in [3.63, 3.8) is 0 Å². The Balaban J connectivity index is 1.32. The van der Waals surface area contributed by atoms with Crippen LogP contribution in [0.5, 0.6) is 0 Å². The molecule has 11 heteroatoms. The molecule has 2 aliphatic heterocycles. The van der Waals surface area contributed by atoms with Gasteiger partial charge in [-0.2, -0.15) is 4.98 Å². The van der Waals surface area contributed by atoms with E-state index >= 15 is 0 Å². The topological polar surface area (TPSA) is 105 Å². The zero-order valence-electron chi connectivity index (χ0n) is 17.4. The van der Waals surface area contributed by atoms with Gasteiger partial charge in [-0.3, -0.25) is 9.88 Å². The van der Waals surface area contributed by atoms with Gasteiger partial charge in [-0.15, -0.1) is 5.10 Å². The number of anilines is 2. The fourth-order valence-electron chi connectivity index (χ4n) is 4.30. The molecule has 4 aromatic rings. The predicted molar refractivity (Wildman–Crippen MR) is 117 cm³/mol. The van der Waals surface area contributed by atoms with E-state index in [0.717, 1.165) is 22.3 Å². The second-order valence-corrected chi connectivity index (χ2v) is 8.06. The van der Waals surface area contributed by atoms with Crippen molar-refractivity contribution in [2.24, 2.45) is 0 Å². The first-order valence-corrected chi connectivity index (χ1v) is 10.6. The summed E-state index contributed by atoms with van der Waals surface area (Å²) in [7, 11) is 1.80. The maximum Gasteiger partial charge on any atom is 0.243 e. The van der Waals surface area contributed by atoms with Crippen LogP contribution in [0.15, 0.2) is 36.8 Å². The zero-order valence-corrected chi connectivity index (χ0v) is 17.4. The van der Waals surface area contributed by atoms with Crippen LogP contribution in [0.4, 0.5) is 16.2 Å². The molecular weight excluding hydrogens is 413 g/mol. The highest BCUT2D eigenvalue weighted by Gasteiger charge is 2.39. The van der Waals surface area contributed by atoms with Gasteiger partial charge in [0.25, 0.3) is 0 Å². The second-order valence-electron chi connectivity index (χ2n) is 8.06. The van der Waals surface area contributed by atoms with Crippen LogP contribution < -0.4 is 10.6 Å². The minimum absolute atomic E-state index is 0.308. The first kappa shape index (κ1) is 19.3. The van der Waals surface area contributed by atoms with Gasteiger partial charge in [0.15, 0.2) is 11.5 Å². The van der Waals surface area contributed by atoms with Gasteiger partial charge in [0.1, 0.15) is 17.2 Å². The molecule has 0 radical (unpaired) electrons. The molecule has 4 aromatic heterocycles. The minimum Gasteiger partial charge on any atom is -0.378 e. The molecule has 0 aliphatic carbocycles. The molecule has 0 saturated carbocycles. The number of hydrogen-bond acceptors (Lipinski definition) is 9. The maximum absolute atomic E-state index is 14.7. The molecule has 0 amide bonds. The van der Waals surface area contributed by atoms with Crippen molar-refractivity contribution < 1.29 is 9.13 Å². The molecule has 0 spiro atoms. The van der Waals surface area contributed by atoms with Gasteiger partial charge in [0.2, 0.25) is 5.95 Å². The number of rotatable bonds is 5. The molecule has 2 fully saturated rings. The predicted octanol–water partition coefficient (Wildman–Crippen LogP) is 1.61. The Hall–Kier alpha value is -3.44. The molecular formula is C21H22FN9O. The van der Waals surface area contributed by atoms with Crippen molar-refractivity contribution in [1.29, 1.82) is 0 Å². The van der Waals surface area contributed by atoms with Crippen molar-refractivity contribution >= 4 is 28.4 Å². The molecule has 0 bridgehead atoms. The van der Waals surface area contributed by atoms with Crippen molar-refractivity contribution in [3.8, 4) is 11.3 Å². The third-order valence-electron chi connectivity index (χ3n) is 6.08. The Bertz CT molecular complexity index is 1290. The third kappa shape index (κ3) is 3.21. The molecule has 6 heterocycles. The van der Waals surface area contributed by atoms with Crippen LogP contribution in [0.25, 0.3) is 27.9 Å². The fourth-order valence-corrected chi connectivity index (χ4v) is 4.30. The van der Waals surface area contributed by atoms with E-state index in [0.29, 0.717) is 49.8 Å². The van der Waals surface area contributed by atoms with Gasteiger partial charge in [-0.05, 0) is 18.2 Å². The van der Waals surface area contributed by atoms with Gasteiger partial charge in [0.05, 0.1) is 31.0 Å². The van der Waals surface area contributed by atoms with Gasteiger partial charge in [0, 0.05) is 44.3 Å². The number of pyridine rings is 1. The quantitative estimate of drug-likeness (QED) is 0.484. The van der Waals surface area contributed by atoms with Crippen LogP contribution in [0.1, 0.15) is 0 Å². The standard InChI is InChI=1S/C21H22FN9O/c1-23-20-18-13(15-2-3-16-19(26-15)25-6-5-24-16)4-7-31(18)29-21(28-20)27-17-9-30(8-14(17)22)12-10-32-11-12/h2-7,12,14,17H,8-11H2,1H3,(H2,23,27,28,29)/t14-,17+/m0/s1. The average Bonchev–Trinajstić information content (AvgIpc) is 3.35. The number of fused-ring (bicyclic) bond motifs is 2. The van der Waals surface area contributed by atoms with Crippen molar-refractivity contribution in [1.82, 2.24) is 34.4 Å². The highest BCUT2D eigenvalue weighted by Crippen LogP contribution is 2.30. The van der Waals surface area contributed by atoms with Gasteiger partial charge < -0.3 is 15.4 Å². The van der Waals surface area contributed by atoms with Crippen molar-refractivity contribution in [2.75, 3.05) is 44.0 Å². The number of ether oxygens (including phenoxy) is 1. The summed E-state index contributed by atoms with van der Waals surface area (Å²) in [4.78, 5) is 20.0. The minimum atomic E-state index is -0.990. The Morgan fingerprint density at radius 2 is 1.97 bits per heavy atom. The van der Waals surface area contributed by atoms with E-state index in [1.165, 1.54) is 0 Å². The number of halogens is 1. The number of nitrogens with one attached hydrogen (secondary N) is 2. The maximum atomic E-state index is 14.7. The summed E-state index contributed by atoms with van der Waals surface area (Å²) in [6.45, 7) is 2.35. The normalized spacial score (nSPS) is 21.8. The summed E-state index contributed by atoms with van der Waals surface area (Å²) in [5, 5.41) is 10.9. The average molecular weight is 435 g/mol. The Morgan fingerprint density at radius 3 is 2.78 bits per heavy atom. The lowest BCUT2D eigenvalue weighted by atomic mass is 10.2. The zero-order chi connectivity index (χ0) is 21.7. The largest absolute Gasteiger partial charge is 0.378 e. The Kier molecular flexibility index (Phi) is 4.58. The molecule has 0 aromatic carbocycles. The second kappa shape index (κ2) is 7.61. The van der Waals surface area contributed by atoms with E-state index < -0.39 is 6.17 Å². The van der Waals surface area contributed by atoms with E-state index in [1.54, 1.807) is 24.0 Å². The fraction of sp³-hybridized carbons (Fsp3) is 0.381.